The van der Waals surface area contributed by atoms with Crippen molar-refractivity contribution < 1.29 is 4.74 Å². The molecule has 0 radical (unpaired) electrons. The summed E-state index contributed by atoms with van der Waals surface area (Å²) in [4.78, 5) is 18.9. The van der Waals surface area contributed by atoms with E-state index in [1.807, 2.05) is 42.8 Å². The van der Waals surface area contributed by atoms with E-state index in [9.17, 15) is 4.79 Å². The van der Waals surface area contributed by atoms with E-state index in [2.05, 4.69) is 15.3 Å². The van der Waals surface area contributed by atoms with Gasteiger partial charge in [0.2, 0.25) is 0 Å². The van der Waals surface area contributed by atoms with Crippen LogP contribution in [0.2, 0.25) is 0 Å². The molecule has 102 valence electrons. The van der Waals surface area contributed by atoms with Crippen molar-refractivity contribution in [2.75, 3.05) is 12.4 Å². The molecule has 0 unspecified atom stereocenters. The monoisotopic (exact) mass is 287 g/mol. The molecule has 0 fully saturated rings. The Morgan fingerprint density at radius 2 is 2.10 bits per heavy atom. The van der Waals surface area contributed by atoms with Crippen LogP contribution in [0, 0.1) is 0 Å². The number of hydrogen-bond donors (Lipinski definition) is 2. The molecule has 20 heavy (non-hydrogen) atoms. The molecule has 0 amide bonds. The molecule has 3 aromatic rings. The van der Waals surface area contributed by atoms with Gasteiger partial charge in [0.1, 0.15) is 22.9 Å². The number of rotatable bonds is 4. The molecular weight excluding hydrogens is 274 g/mol. The Labute approximate surface area is 119 Å². The zero-order valence-corrected chi connectivity index (χ0v) is 11.7. The van der Waals surface area contributed by atoms with Crippen LogP contribution in [-0.4, -0.2) is 17.0 Å². The minimum Gasteiger partial charge on any atom is -0.486 e. The van der Waals surface area contributed by atoms with Gasteiger partial charge in [-0.05, 0) is 35.7 Å². The van der Waals surface area contributed by atoms with E-state index in [0.29, 0.717) is 16.0 Å². The molecule has 0 spiro atoms. The topological polar surface area (TPSA) is 67.0 Å². The molecule has 0 saturated carbocycles. The number of ether oxygens (including phenoxy) is 1. The highest BCUT2D eigenvalue weighted by molar-refractivity contribution is 7.17. The molecule has 0 aliphatic carbocycles. The molecule has 0 aliphatic heterocycles. The molecule has 3 rings (SSSR count). The van der Waals surface area contributed by atoms with E-state index in [1.165, 1.54) is 11.3 Å². The van der Waals surface area contributed by atoms with Crippen LogP contribution in [0.25, 0.3) is 10.2 Å². The molecule has 0 atom stereocenters. The van der Waals surface area contributed by atoms with Gasteiger partial charge >= 0.3 is 0 Å². The fourth-order valence-electron chi connectivity index (χ4n) is 1.86. The van der Waals surface area contributed by atoms with E-state index < -0.39 is 0 Å². The molecular formula is C14H13N3O2S. The van der Waals surface area contributed by atoms with E-state index in [1.54, 1.807) is 0 Å². The van der Waals surface area contributed by atoms with Crippen LogP contribution in [0.3, 0.4) is 0 Å². The highest BCUT2D eigenvalue weighted by Crippen LogP contribution is 2.17. The van der Waals surface area contributed by atoms with Crippen molar-refractivity contribution >= 4 is 27.2 Å². The second kappa shape index (κ2) is 5.34. The maximum Gasteiger partial charge on any atom is 0.268 e. The third-order valence-electron chi connectivity index (χ3n) is 2.88. The van der Waals surface area contributed by atoms with Gasteiger partial charge in [-0.2, -0.15) is 0 Å². The molecule has 6 heteroatoms. The van der Waals surface area contributed by atoms with E-state index in [-0.39, 0.29) is 12.2 Å². The van der Waals surface area contributed by atoms with Crippen molar-refractivity contribution in [3.05, 3.63) is 51.9 Å². The Kier molecular flexibility index (Phi) is 3.39. The van der Waals surface area contributed by atoms with E-state index >= 15 is 0 Å². The first-order valence-electron chi connectivity index (χ1n) is 6.13. The lowest BCUT2D eigenvalue weighted by Crippen LogP contribution is -2.12. The minimum atomic E-state index is -0.117. The highest BCUT2D eigenvalue weighted by Gasteiger charge is 2.05. The Hall–Kier alpha value is -2.34. The van der Waals surface area contributed by atoms with Gasteiger partial charge in [-0.3, -0.25) is 4.79 Å². The largest absolute Gasteiger partial charge is 0.486 e. The number of hydrogen-bond acceptors (Lipinski definition) is 5. The smallest absolute Gasteiger partial charge is 0.268 e. The zero-order chi connectivity index (χ0) is 13.9. The van der Waals surface area contributed by atoms with Crippen molar-refractivity contribution in [2.24, 2.45) is 0 Å². The van der Waals surface area contributed by atoms with Gasteiger partial charge in [-0.1, -0.05) is 0 Å². The van der Waals surface area contributed by atoms with E-state index in [4.69, 9.17) is 4.74 Å². The van der Waals surface area contributed by atoms with Gasteiger partial charge in [0.15, 0.2) is 0 Å². The fourth-order valence-corrected chi connectivity index (χ4v) is 2.59. The number of nitrogens with one attached hydrogen (secondary N) is 2. The number of anilines is 1. The fraction of sp³-hybridized carbons (Fsp3) is 0.143. The number of nitrogens with zero attached hydrogens (tertiary/aromatic N) is 1. The first kappa shape index (κ1) is 12.7. The molecule has 0 saturated heterocycles. The van der Waals surface area contributed by atoms with Gasteiger partial charge in [0.05, 0.1) is 5.52 Å². The SMILES string of the molecule is CNc1ccc(OCc2nc3ccsc3c(=O)[nH]2)cc1. The number of benzene rings is 1. The van der Waals surface area contributed by atoms with Gasteiger partial charge in [-0.25, -0.2) is 4.98 Å². The Balaban J connectivity index is 1.77. The van der Waals surface area contributed by atoms with Crippen molar-refractivity contribution in [3.63, 3.8) is 0 Å². The minimum absolute atomic E-state index is 0.117. The quantitative estimate of drug-likeness (QED) is 0.774. The van der Waals surface area contributed by atoms with Crippen molar-refractivity contribution in [3.8, 4) is 5.75 Å². The van der Waals surface area contributed by atoms with Crippen LogP contribution in [0.4, 0.5) is 5.69 Å². The normalized spacial score (nSPS) is 10.7. The second-order valence-electron chi connectivity index (χ2n) is 4.21. The summed E-state index contributed by atoms with van der Waals surface area (Å²) < 4.78 is 6.26. The Morgan fingerprint density at radius 3 is 2.85 bits per heavy atom. The maximum atomic E-state index is 11.8. The van der Waals surface area contributed by atoms with Gasteiger partial charge in [0, 0.05) is 12.7 Å². The highest BCUT2D eigenvalue weighted by atomic mass is 32.1. The summed E-state index contributed by atoms with van der Waals surface area (Å²) in [6.45, 7) is 0.236. The molecule has 5 nitrogen and oxygen atoms in total. The first-order valence-corrected chi connectivity index (χ1v) is 7.01. The lowest BCUT2D eigenvalue weighted by molar-refractivity contribution is 0.296. The summed E-state index contributed by atoms with van der Waals surface area (Å²) >= 11 is 1.39. The van der Waals surface area contributed by atoms with Crippen molar-refractivity contribution in [1.29, 1.82) is 0 Å². The standard InChI is InChI=1S/C14H13N3O2S/c1-15-9-2-4-10(5-3-9)19-8-12-16-11-6-7-20-13(11)14(18)17-12/h2-7,15H,8H2,1H3,(H,16,17,18). The Morgan fingerprint density at radius 1 is 1.30 bits per heavy atom. The predicted molar refractivity (Wildman–Crippen MR) is 80.6 cm³/mol. The third kappa shape index (κ3) is 2.50. The molecule has 2 aromatic heterocycles. The van der Waals surface area contributed by atoms with Gasteiger partial charge in [-0.15, -0.1) is 11.3 Å². The van der Waals surface area contributed by atoms with E-state index in [0.717, 1.165) is 11.4 Å². The summed E-state index contributed by atoms with van der Waals surface area (Å²) in [6, 6.07) is 9.42. The molecule has 2 heterocycles. The number of aromatic nitrogens is 2. The third-order valence-corrected chi connectivity index (χ3v) is 3.78. The number of H-pyrrole nitrogens is 1. The van der Waals surface area contributed by atoms with Crippen LogP contribution in [0.5, 0.6) is 5.75 Å². The van der Waals surface area contributed by atoms with Crippen LogP contribution >= 0.6 is 11.3 Å². The van der Waals surface area contributed by atoms with Crippen molar-refractivity contribution in [2.45, 2.75) is 6.61 Å². The van der Waals surface area contributed by atoms with Crippen molar-refractivity contribution in [1.82, 2.24) is 9.97 Å². The predicted octanol–water partition coefficient (Wildman–Crippen LogP) is 2.61. The van der Waals surface area contributed by atoms with Crippen LogP contribution in [0.1, 0.15) is 5.82 Å². The lowest BCUT2D eigenvalue weighted by Gasteiger charge is -2.06. The van der Waals surface area contributed by atoms with Gasteiger partial charge < -0.3 is 15.0 Å². The molecule has 2 N–H and O–H groups in total. The number of fused-ring (bicyclic) bond motifs is 1. The molecule has 1 aromatic carbocycles. The average molecular weight is 287 g/mol. The first-order chi connectivity index (χ1) is 9.76. The number of thiophene rings is 1. The summed E-state index contributed by atoms with van der Waals surface area (Å²) in [7, 11) is 1.86. The van der Waals surface area contributed by atoms with Crippen LogP contribution < -0.4 is 15.6 Å². The van der Waals surface area contributed by atoms with Crippen LogP contribution in [-0.2, 0) is 6.61 Å². The van der Waals surface area contributed by atoms with Gasteiger partial charge in [0.25, 0.3) is 5.56 Å². The maximum absolute atomic E-state index is 11.8. The van der Waals surface area contributed by atoms with Crippen LogP contribution in [0.15, 0.2) is 40.5 Å². The second-order valence-corrected chi connectivity index (χ2v) is 5.13. The summed E-state index contributed by atoms with van der Waals surface area (Å²) in [6.07, 6.45) is 0. The number of aromatic amines is 1. The molecule has 0 bridgehead atoms. The summed E-state index contributed by atoms with van der Waals surface area (Å²) in [5.41, 5.74) is 1.61. The summed E-state index contributed by atoms with van der Waals surface area (Å²) in [5, 5.41) is 4.89. The zero-order valence-electron chi connectivity index (χ0n) is 10.8. The Bertz CT molecular complexity index is 777. The molecule has 0 aliphatic rings. The average Bonchev–Trinajstić information content (AvgIpc) is 2.94. The summed E-state index contributed by atoms with van der Waals surface area (Å²) in [5.74, 6) is 1.26. The lowest BCUT2D eigenvalue weighted by atomic mass is 10.3.